The van der Waals surface area contributed by atoms with Crippen LogP contribution in [0.25, 0.3) is 11.2 Å². The highest BCUT2D eigenvalue weighted by Crippen LogP contribution is 2.27. The van der Waals surface area contributed by atoms with E-state index in [1.54, 1.807) is 11.8 Å². The molecule has 9 heteroatoms. The molecule has 0 saturated carbocycles. The van der Waals surface area contributed by atoms with E-state index in [4.69, 9.17) is 30.8 Å². The van der Waals surface area contributed by atoms with Crippen molar-refractivity contribution in [1.29, 1.82) is 0 Å². The summed E-state index contributed by atoms with van der Waals surface area (Å²) in [5, 5.41) is 1.50. The summed E-state index contributed by atoms with van der Waals surface area (Å²) in [6, 6.07) is 3.05. The van der Waals surface area contributed by atoms with Crippen molar-refractivity contribution in [2.24, 2.45) is 0 Å². The fraction of sp³-hybridized carbons (Fsp3) is 0.700. The highest BCUT2D eigenvalue weighted by molar-refractivity contribution is 7.99. The van der Waals surface area contributed by atoms with Crippen LogP contribution in [0.4, 0.5) is 0 Å². The molecule has 0 fully saturated rings. The molecule has 29 heavy (non-hydrogen) atoms. The quantitative estimate of drug-likeness (QED) is 0.189. The van der Waals surface area contributed by atoms with Crippen LogP contribution < -0.4 is 0 Å². The predicted octanol–water partition coefficient (Wildman–Crippen LogP) is 5.59. The van der Waals surface area contributed by atoms with Gasteiger partial charge in [0, 0.05) is 20.4 Å². The van der Waals surface area contributed by atoms with Crippen LogP contribution >= 0.6 is 23.4 Å². The van der Waals surface area contributed by atoms with Gasteiger partial charge in [-0.25, -0.2) is 9.97 Å². The van der Waals surface area contributed by atoms with Gasteiger partial charge in [-0.05, 0) is 39.8 Å². The second-order valence-electron chi connectivity index (χ2n) is 9.20. The third kappa shape index (κ3) is 8.55. The topological polar surface area (TPSA) is 58.4 Å². The van der Waals surface area contributed by atoms with Crippen LogP contribution in [0.1, 0.15) is 26.5 Å². The van der Waals surface area contributed by atoms with Gasteiger partial charge in [-0.2, -0.15) is 0 Å². The summed E-state index contributed by atoms with van der Waals surface area (Å²) < 4.78 is 19.2. The fourth-order valence-corrected chi connectivity index (χ4v) is 4.08. The molecule has 0 amide bonds. The molecule has 0 aliphatic rings. The number of pyridine rings is 1. The van der Waals surface area contributed by atoms with E-state index in [0.717, 1.165) is 34.8 Å². The standard InChI is InChI=1S/C20H34ClN3O3SSi/c1-15-16(21)12-17-18(22-15)23-19(24(17)13-25-9-11-29(5,6)7)28-10-8-26-14-27-20(2,3)4/h12H,8-11,13-14H2,1-7H3. The van der Waals surface area contributed by atoms with Gasteiger partial charge >= 0.3 is 0 Å². The minimum absolute atomic E-state index is 0.197. The van der Waals surface area contributed by atoms with Crippen LogP contribution in [0.5, 0.6) is 0 Å². The zero-order chi connectivity index (χ0) is 21.7. The summed E-state index contributed by atoms with van der Waals surface area (Å²) >= 11 is 7.93. The number of hydrogen-bond acceptors (Lipinski definition) is 6. The lowest BCUT2D eigenvalue weighted by Gasteiger charge is -2.19. The Bertz CT molecular complexity index is 803. The zero-order valence-electron chi connectivity index (χ0n) is 18.7. The third-order valence-electron chi connectivity index (χ3n) is 4.09. The predicted molar refractivity (Wildman–Crippen MR) is 124 cm³/mol. The van der Waals surface area contributed by atoms with E-state index in [9.17, 15) is 0 Å². The maximum Gasteiger partial charge on any atom is 0.179 e. The van der Waals surface area contributed by atoms with Crippen molar-refractivity contribution in [2.45, 2.75) is 70.9 Å². The molecule has 2 aromatic rings. The Morgan fingerprint density at radius 1 is 1.14 bits per heavy atom. The number of hydrogen-bond donors (Lipinski definition) is 0. The van der Waals surface area contributed by atoms with Gasteiger partial charge in [-0.1, -0.05) is 43.0 Å². The average Bonchev–Trinajstić information content (AvgIpc) is 2.90. The largest absolute Gasteiger partial charge is 0.361 e. The van der Waals surface area contributed by atoms with Crippen LogP contribution in [0.2, 0.25) is 30.7 Å². The van der Waals surface area contributed by atoms with Crippen LogP contribution in [0.3, 0.4) is 0 Å². The molecule has 0 spiro atoms. The van der Waals surface area contributed by atoms with Crippen molar-refractivity contribution < 1.29 is 14.2 Å². The summed E-state index contributed by atoms with van der Waals surface area (Å²) in [5.74, 6) is 0.762. The van der Waals surface area contributed by atoms with E-state index in [2.05, 4.69) is 24.6 Å². The second kappa shape index (κ2) is 10.6. The Kier molecular flexibility index (Phi) is 8.99. The Labute approximate surface area is 184 Å². The molecule has 0 saturated heterocycles. The van der Waals surface area contributed by atoms with E-state index >= 15 is 0 Å². The Hall–Kier alpha value is -0.643. The molecule has 0 aromatic carbocycles. The average molecular weight is 460 g/mol. The first-order valence-electron chi connectivity index (χ1n) is 9.92. The molecule has 0 N–H and O–H groups in total. The maximum absolute atomic E-state index is 6.31. The highest BCUT2D eigenvalue weighted by Gasteiger charge is 2.16. The van der Waals surface area contributed by atoms with Gasteiger partial charge in [0.2, 0.25) is 0 Å². The fourth-order valence-electron chi connectivity index (χ4n) is 2.33. The molecule has 0 bridgehead atoms. The first kappa shape index (κ1) is 24.6. The minimum atomic E-state index is -1.13. The molecule has 164 valence electrons. The number of aryl methyl sites for hydroxylation is 1. The molecule has 2 heterocycles. The number of aromatic nitrogens is 3. The number of thioether (sulfide) groups is 1. The van der Waals surface area contributed by atoms with E-state index in [1.807, 2.05) is 38.3 Å². The van der Waals surface area contributed by atoms with Gasteiger partial charge in [0.25, 0.3) is 0 Å². The molecule has 0 aliphatic carbocycles. The van der Waals surface area contributed by atoms with E-state index in [-0.39, 0.29) is 12.4 Å². The Morgan fingerprint density at radius 3 is 2.52 bits per heavy atom. The van der Waals surface area contributed by atoms with Gasteiger partial charge in [0.1, 0.15) is 13.5 Å². The van der Waals surface area contributed by atoms with Crippen LogP contribution in [-0.4, -0.2) is 54.0 Å². The van der Waals surface area contributed by atoms with E-state index in [1.165, 1.54) is 0 Å². The van der Waals surface area contributed by atoms with Crippen LogP contribution in [-0.2, 0) is 20.9 Å². The zero-order valence-corrected chi connectivity index (χ0v) is 21.2. The van der Waals surface area contributed by atoms with Crippen molar-refractivity contribution in [1.82, 2.24) is 14.5 Å². The molecular formula is C20H34ClN3O3SSi. The number of nitrogens with zero attached hydrogens (tertiary/aromatic N) is 3. The van der Waals surface area contributed by atoms with Gasteiger partial charge < -0.3 is 14.2 Å². The SMILES string of the molecule is Cc1nc2nc(SCCOCOC(C)(C)C)n(COCC[Si](C)(C)C)c2cc1Cl. The van der Waals surface area contributed by atoms with Crippen molar-refractivity contribution >= 4 is 42.6 Å². The third-order valence-corrected chi connectivity index (χ3v) is 7.11. The maximum atomic E-state index is 6.31. The molecule has 0 atom stereocenters. The lowest BCUT2D eigenvalue weighted by molar-refractivity contribution is -0.116. The molecular weight excluding hydrogens is 426 g/mol. The monoisotopic (exact) mass is 459 g/mol. The number of imidazole rings is 1. The second-order valence-corrected chi connectivity index (χ2v) is 16.3. The highest BCUT2D eigenvalue weighted by atomic mass is 35.5. The van der Waals surface area contributed by atoms with Crippen molar-refractivity contribution in [3.63, 3.8) is 0 Å². The van der Waals surface area contributed by atoms with Gasteiger partial charge in [-0.15, -0.1) is 0 Å². The number of rotatable bonds is 11. The van der Waals surface area contributed by atoms with Crippen molar-refractivity contribution in [2.75, 3.05) is 25.8 Å². The molecule has 6 nitrogen and oxygen atoms in total. The molecule has 2 aromatic heterocycles. The van der Waals surface area contributed by atoms with Crippen LogP contribution in [0, 0.1) is 6.92 Å². The van der Waals surface area contributed by atoms with E-state index in [0.29, 0.717) is 24.0 Å². The summed E-state index contributed by atoms with van der Waals surface area (Å²) in [6.45, 7) is 17.0. The summed E-state index contributed by atoms with van der Waals surface area (Å²) in [5.41, 5.74) is 2.17. The Morgan fingerprint density at radius 2 is 1.86 bits per heavy atom. The normalized spacial score (nSPS) is 12.8. The number of halogens is 1. The first-order chi connectivity index (χ1) is 13.5. The summed E-state index contributed by atoms with van der Waals surface area (Å²) in [7, 11) is -1.13. The van der Waals surface area contributed by atoms with Crippen molar-refractivity contribution in [3.05, 3.63) is 16.8 Å². The molecule has 2 rings (SSSR count). The van der Waals surface area contributed by atoms with Crippen molar-refractivity contribution in [3.8, 4) is 0 Å². The van der Waals surface area contributed by atoms with Gasteiger partial charge in [-0.3, -0.25) is 4.57 Å². The van der Waals surface area contributed by atoms with E-state index < -0.39 is 8.07 Å². The molecule has 0 radical (unpaired) electrons. The molecule has 0 unspecified atom stereocenters. The van der Waals surface area contributed by atoms with Gasteiger partial charge in [0.05, 0.1) is 28.4 Å². The summed E-state index contributed by atoms with van der Waals surface area (Å²) in [6.07, 6.45) is 0. The Balaban J connectivity index is 2.01. The number of ether oxygens (including phenoxy) is 3. The molecule has 0 aliphatic heterocycles. The summed E-state index contributed by atoms with van der Waals surface area (Å²) in [4.78, 5) is 9.23. The smallest absolute Gasteiger partial charge is 0.179 e. The first-order valence-corrected chi connectivity index (χ1v) is 15.0. The van der Waals surface area contributed by atoms with Gasteiger partial charge in [0.15, 0.2) is 10.8 Å². The minimum Gasteiger partial charge on any atom is -0.361 e. The lowest BCUT2D eigenvalue weighted by atomic mass is 10.2. The lowest BCUT2D eigenvalue weighted by Crippen LogP contribution is -2.22. The number of fused-ring (bicyclic) bond motifs is 1. The van der Waals surface area contributed by atoms with Crippen LogP contribution in [0.15, 0.2) is 11.2 Å².